The number of anilines is 1. The van der Waals surface area contributed by atoms with E-state index in [1.165, 1.54) is 19.4 Å². The number of hydrogen-bond acceptors (Lipinski definition) is 13. The van der Waals surface area contributed by atoms with Crippen molar-refractivity contribution in [3.05, 3.63) is 60.7 Å². The van der Waals surface area contributed by atoms with Crippen molar-refractivity contribution >= 4 is 52.5 Å². The summed E-state index contributed by atoms with van der Waals surface area (Å²) in [6.45, 7) is 8.05. The van der Waals surface area contributed by atoms with Crippen molar-refractivity contribution in [1.82, 2.24) is 45.6 Å². The second kappa shape index (κ2) is 32.2. The molecule has 2 aromatic heterocycles. The lowest BCUT2D eigenvalue weighted by molar-refractivity contribution is -0.137. The highest BCUT2D eigenvalue weighted by molar-refractivity contribution is 5.93. The Bertz CT molecular complexity index is 2050. The summed E-state index contributed by atoms with van der Waals surface area (Å²) in [4.78, 5) is 87.9. The number of ether oxygens (including phenoxy) is 1. The van der Waals surface area contributed by atoms with E-state index in [9.17, 15) is 41.9 Å². The van der Waals surface area contributed by atoms with Crippen LogP contribution in [0.25, 0.3) is 10.9 Å². The van der Waals surface area contributed by atoms with Gasteiger partial charge in [-0.05, 0) is 116 Å². The highest BCUT2D eigenvalue weighted by atomic mass is 19.4. The van der Waals surface area contributed by atoms with Crippen molar-refractivity contribution in [3.8, 4) is 0 Å². The molecule has 2 atom stereocenters. The van der Waals surface area contributed by atoms with Crippen molar-refractivity contribution in [2.45, 2.75) is 128 Å². The number of carbonyl (C=O) groups is 6. The number of alkyl halides is 3. The third-order valence-corrected chi connectivity index (χ3v) is 12.5. The Morgan fingerprint density at radius 2 is 1.52 bits per heavy atom. The lowest BCUT2D eigenvalue weighted by Crippen LogP contribution is -2.46. The van der Waals surface area contributed by atoms with E-state index in [2.05, 4.69) is 67.7 Å². The van der Waals surface area contributed by atoms with Crippen molar-refractivity contribution in [3.63, 3.8) is 0 Å². The molecule has 4 heterocycles. The summed E-state index contributed by atoms with van der Waals surface area (Å²) in [7, 11) is 5.36. The van der Waals surface area contributed by atoms with E-state index in [1.807, 2.05) is 23.1 Å². The standard InChI is InChI=1S/C23H30F3N5O.C21H36N4O6.C5H5N.CH5N/c1-14(2)30(3)16-5-7-17(8-6-16)31-11-10-20(22(31)32)29-21-18-12-15(23(24,25)26)4-9-19(18)27-13-28-21;1-25-16-17(15-20(25)29)21(30)24-11-6-14-31-13-5-10-23-19(28)8-4-7-18(27)22-9-2-3-12-26;1-2-4-6-5-3-1;1-2/h4,9,12-14,16-17,20H,5-8,10-11H2,1-3H3,(H,27,28,29);12,17H,2-11,13-16H2,1H3,(H,22,27)(H,23,28)(H,24,30);1-5H;2H2,1H3. The number of amides is 5. The minimum atomic E-state index is -4.45. The van der Waals surface area contributed by atoms with Gasteiger partial charge in [0.05, 0.1) is 17.0 Å². The maximum Gasteiger partial charge on any atom is 0.416 e. The molecule has 2 unspecified atom stereocenters. The van der Waals surface area contributed by atoms with Crippen molar-refractivity contribution in [2.75, 3.05) is 72.4 Å². The van der Waals surface area contributed by atoms with Gasteiger partial charge in [-0.15, -0.1) is 0 Å². The highest BCUT2D eigenvalue weighted by Crippen LogP contribution is 2.34. The van der Waals surface area contributed by atoms with Crippen LogP contribution in [-0.2, 0) is 39.7 Å². The van der Waals surface area contributed by atoms with E-state index >= 15 is 0 Å². The molecular weight excluding hydrogens is 924 g/mol. The van der Waals surface area contributed by atoms with E-state index in [0.717, 1.165) is 44.1 Å². The maximum atomic E-state index is 13.2. The summed E-state index contributed by atoms with van der Waals surface area (Å²) in [5.74, 6) is -0.267. The number of benzene rings is 1. The summed E-state index contributed by atoms with van der Waals surface area (Å²) in [6.07, 6.45) is 9.66. The first kappa shape index (κ1) is 59.5. The second-order valence-electron chi connectivity index (χ2n) is 17.9. The third-order valence-electron chi connectivity index (χ3n) is 12.5. The molecule has 1 saturated carbocycles. The number of nitrogens with two attached hydrogens (primary N) is 1. The number of nitrogens with zero attached hydrogens (tertiary/aromatic N) is 6. The number of hydrogen-bond donors (Lipinski definition) is 5. The molecule has 2 aliphatic heterocycles. The molecule has 71 heavy (non-hydrogen) atoms. The average Bonchev–Trinajstić information content (AvgIpc) is 3.91. The highest BCUT2D eigenvalue weighted by Gasteiger charge is 2.39. The Balaban J connectivity index is 0.000000325. The summed E-state index contributed by atoms with van der Waals surface area (Å²) < 4.78 is 45.0. The van der Waals surface area contributed by atoms with E-state index in [-0.39, 0.29) is 59.1 Å². The Labute approximate surface area is 416 Å². The first-order valence-electron chi connectivity index (χ1n) is 24.7. The van der Waals surface area contributed by atoms with Crippen LogP contribution in [0.5, 0.6) is 0 Å². The van der Waals surface area contributed by atoms with Gasteiger partial charge < -0.3 is 51.2 Å². The van der Waals surface area contributed by atoms with Gasteiger partial charge in [0, 0.05) is 115 Å². The number of aldehydes is 1. The average molecular weight is 1000 g/mol. The molecule has 3 fully saturated rings. The van der Waals surface area contributed by atoms with Crippen LogP contribution in [-0.4, -0.2) is 157 Å². The normalized spacial score (nSPS) is 18.7. The largest absolute Gasteiger partial charge is 0.416 e. The Kier molecular flexibility index (Phi) is 27.0. The van der Waals surface area contributed by atoms with Gasteiger partial charge in [-0.3, -0.25) is 29.0 Å². The van der Waals surface area contributed by atoms with E-state index in [1.54, 1.807) is 24.3 Å². The van der Waals surface area contributed by atoms with Crippen LogP contribution in [0.1, 0.15) is 103 Å². The van der Waals surface area contributed by atoms with Crippen LogP contribution in [0.4, 0.5) is 19.0 Å². The second-order valence-corrected chi connectivity index (χ2v) is 17.9. The number of pyridine rings is 1. The molecule has 2 saturated heterocycles. The molecule has 3 aliphatic rings. The number of nitrogens with one attached hydrogen (secondary N) is 4. The van der Waals surface area contributed by atoms with E-state index in [0.29, 0.717) is 115 Å². The molecule has 6 N–H and O–H groups in total. The predicted molar refractivity (Wildman–Crippen MR) is 266 cm³/mol. The van der Waals surface area contributed by atoms with Crippen molar-refractivity contribution in [2.24, 2.45) is 11.7 Å². The van der Waals surface area contributed by atoms with Crippen molar-refractivity contribution in [1.29, 1.82) is 0 Å². The van der Waals surface area contributed by atoms with Crippen LogP contribution in [0, 0.1) is 5.92 Å². The number of halogens is 3. The zero-order valence-corrected chi connectivity index (χ0v) is 42.1. The van der Waals surface area contributed by atoms with Gasteiger partial charge >= 0.3 is 6.18 Å². The first-order valence-corrected chi connectivity index (χ1v) is 24.7. The van der Waals surface area contributed by atoms with Gasteiger partial charge in [0.1, 0.15) is 24.5 Å². The molecule has 394 valence electrons. The summed E-state index contributed by atoms with van der Waals surface area (Å²) in [6, 6.07) is 9.89. The summed E-state index contributed by atoms with van der Waals surface area (Å²) in [5, 5.41) is 11.7. The lowest BCUT2D eigenvalue weighted by Gasteiger charge is -2.39. The predicted octanol–water partition coefficient (Wildman–Crippen LogP) is 4.73. The fraction of sp³-hybridized carbons (Fsp3) is 0.620. The van der Waals surface area contributed by atoms with Crippen molar-refractivity contribution < 1.29 is 46.7 Å². The van der Waals surface area contributed by atoms with Gasteiger partial charge in [-0.25, -0.2) is 9.97 Å². The zero-order chi connectivity index (χ0) is 52.2. The fourth-order valence-electron chi connectivity index (χ4n) is 8.30. The molecule has 3 aromatic rings. The minimum absolute atomic E-state index is 0.00322. The quantitative estimate of drug-likeness (QED) is 0.0678. The van der Waals surface area contributed by atoms with Crippen LogP contribution in [0.15, 0.2) is 55.1 Å². The molecule has 0 radical (unpaired) electrons. The maximum absolute atomic E-state index is 13.2. The molecule has 6 rings (SSSR count). The van der Waals surface area contributed by atoms with Gasteiger partial charge in [0.15, 0.2) is 0 Å². The zero-order valence-electron chi connectivity index (χ0n) is 42.1. The Morgan fingerprint density at radius 1 is 0.887 bits per heavy atom. The first-order chi connectivity index (χ1) is 34.1. The number of aromatic nitrogens is 3. The van der Waals surface area contributed by atoms with Gasteiger partial charge in [0.25, 0.3) is 0 Å². The molecule has 0 spiro atoms. The monoisotopic (exact) mass is 1000 g/mol. The van der Waals surface area contributed by atoms with Gasteiger partial charge in [-0.2, -0.15) is 13.2 Å². The lowest BCUT2D eigenvalue weighted by atomic mass is 9.89. The minimum Gasteiger partial charge on any atom is -0.381 e. The number of fused-ring (bicyclic) bond motifs is 1. The molecule has 1 aromatic carbocycles. The van der Waals surface area contributed by atoms with Crippen LogP contribution < -0.4 is 27.0 Å². The van der Waals surface area contributed by atoms with Crippen LogP contribution in [0.3, 0.4) is 0 Å². The third kappa shape index (κ3) is 21.2. The summed E-state index contributed by atoms with van der Waals surface area (Å²) in [5.41, 5.74) is 4.15. The van der Waals surface area contributed by atoms with Gasteiger partial charge in [-0.1, -0.05) is 6.07 Å². The van der Waals surface area contributed by atoms with E-state index in [4.69, 9.17) is 4.74 Å². The Hall–Kier alpha value is -5.80. The van der Waals surface area contributed by atoms with Crippen LogP contribution >= 0.6 is 0 Å². The molecule has 1 aliphatic carbocycles. The topological polar surface area (TPSA) is 234 Å². The SMILES string of the molecule is CC(C)N(C)C1CCC(N2CCC(Nc3ncnc4ccc(C(F)(F)F)cc34)C2=O)CC1.CN.CN1CC(C(=O)NCCCOCCCNC(=O)CCCC(=O)NCCCC=O)CC1=O.c1ccncc1. The number of rotatable bonds is 22. The number of likely N-dealkylation sites (tertiary alicyclic amines) is 2. The molecule has 0 bridgehead atoms. The van der Waals surface area contributed by atoms with Crippen LogP contribution in [0.2, 0.25) is 0 Å². The Morgan fingerprint density at radius 3 is 2.07 bits per heavy atom. The number of carbonyl (C=O) groups excluding carboxylic acids is 6. The fourth-order valence-corrected chi connectivity index (χ4v) is 8.30. The smallest absolute Gasteiger partial charge is 0.381 e. The van der Waals surface area contributed by atoms with E-state index < -0.39 is 17.8 Å². The molecular formula is C50H76F3N11O7. The van der Waals surface area contributed by atoms with Gasteiger partial charge in [0.2, 0.25) is 29.5 Å². The number of unbranched alkanes of at least 4 members (excludes halogenated alkanes) is 1. The molecule has 18 nitrogen and oxygen atoms in total. The molecule has 21 heteroatoms. The molecule has 5 amide bonds. The summed E-state index contributed by atoms with van der Waals surface area (Å²) >= 11 is 0.